The Labute approximate surface area is 323 Å². The van der Waals surface area contributed by atoms with Gasteiger partial charge in [0.1, 0.15) is 31.3 Å². The molecule has 0 bridgehead atoms. The van der Waals surface area contributed by atoms with Gasteiger partial charge in [-0.25, -0.2) is 0 Å². The van der Waals surface area contributed by atoms with Gasteiger partial charge in [0.15, 0.2) is 0 Å². The number of fused-ring (bicyclic) bond motifs is 2. The van der Waals surface area contributed by atoms with E-state index in [1.807, 2.05) is 25.1 Å². The Hall–Kier alpha value is -4.78. The van der Waals surface area contributed by atoms with Gasteiger partial charge >= 0.3 is 0 Å². The molecule has 3 aliphatic rings. The summed E-state index contributed by atoms with van der Waals surface area (Å²) >= 11 is 0. The lowest BCUT2D eigenvalue weighted by Crippen LogP contribution is -2.70. The normalized spacial score (nSPS) is 24.6. The zero-order valence-corrected chi connectivity index (χ0v) is 32.0. The highest BCUT2D eigenvalue weighted by molar-refractivity contribution is 6.03. The molecule has 2 aromatic carbocycles. The van der Waals surface area contributed by atoms with Gasteiger partial charge in [-0.15, -0.1) is 6.58 Å². The zero-order valence-electron chi connectivity index (χ0n) is 32.0. The van der Waals surface area contributed by atoms with Crippen molar-refractivity contribution in [3.63, 3.8) is 0 Å². The molecule has 1 amide bonds. The van der Waals surface area contributed by atoms with Crippen LogP contribution < -0.4 is 9.47 Å². The molecule has 2 aliphatic carbocycles. The Morgan fingerprint density at radius 1 is 1.07 bits per heavy atom. The number of ether oxygens (including phenoxy) is 3. The fraction of sp³-hybridized carbons (Fsp3) is 0.488. The van der Waals surface area contributed by atoms with Gasteiger partial charge in [-0.3, -0.25) is 14.9 Å². The van der Waals surface area contributed by atoms with Gasteiger partial charge in [-0.2, -0.15) is 0 Å². The van der Waals surface area contributed by atoms with Crippen LogP contribution in [0.4, 0.5) is 5.69 Å². The number of oxime groups is 1. The summed E-state index contributed by atoms with van der Waals surface area (Å²) in [6.45, 7) is 10.9. The Morgan fingerprint density at radius 3 is 2.45 bits per heavy atom. The summed E-state index contributed by atoms with van der Waals surface area (Å²) < 4.78 is 20.2. The van der Waals surface area contributed by atoms with Gasteiger partial charge in [0.05, 0.1) is 23.2 Å². The molecule has 1 fully saturated rings. The van der Waals surface area contributed by atoms with Crippen molar-refractivity contribution >= 4 is 23.4 Å². The average molecular weight is 758 g/mol. The molecule has 2 aromatic rings. The molecule has 12 nitrogen and oxygen atoms in total. The maximum atomic E-state index is 14.5. The van der Waals surface area contributed by atoms with Crippen LogP contribution in [0, 0.1) is 27.9 Å². The van der Waals surface area contributed by atoms with Gasteiger partial charge < -0.3 is 34.2 Å². The largest absolute Gasteiger partial charge is 0.490 e. The van der Waals surface area contributed by atoms with Crippen LogP contribution in [0.1, 0.15) is 75.3 Å². The third-order valence-corrected chi connectivity index (χ3v) is 10.9. The fourth-order valence-electron chi connectivity index (χ4n) is 8.63. The number of carbonyl (C=O) groups is 1. The molecule has 0 saturated heterocycles. The first-order valence-corrected chi connectivity index (χ1v) is 19.3. The predicted octanol–water partition coefficient (Wildman–Crippen LogP) is 7.38. The van der Waals surface area contributed by atoms with E-state index in [2.05, 4.69) is 24.4 Å². The predicted molar refractivity (Wildman–Crippen MR) is 212 cm³/mol. The maximum Gasteiger partial charge on any atom is 0.269 e. The minimum Gasteiger partial charge on any atom is -0.490 e. The van der Waals surface area contributed by atoms with Crippen LogP contribution in [0.25, 0.3) is 6.08 Å². The van der Waals surface area contributed by atoms with E-state index in [9.17, 15) is 25.1 Å². The summed E-state index contributed by atoms with van der Waals surface area (Å²) in [7, 11) is 1.52. The van der Waals surface area contributed by atoms with Crippen molar-refractivity contribution in [1.29, 1.82) is 0 Å². The molecule has 2 N–H and O–H groups in total. The highest BCUT2D eigenvalue weighted by Crippen LogP contribution is 2.62. The van der Waals surface area contributed by atoms with Crippen LogP contribution in [0.2, 0.25) is 0 Å². The second kappa shape index (κ2) is 19.7. The Balaban J connectivity index is 1.71. The van der Waals surface area contributed by atoms with E-state index in [0.717, 1.165) is 36.8 Å². The number of aliphatic hydroxyl groups excluding tert-OH is 2. The van der Waals surface area contributed by atoms with Crippen LogP contribution in [-0.2, 0) is 14.4 Å². The monoisotopic (exact) mass is 757 g/mol. The molecule has 0 spiro atoms. The number of non-ortho nitro benzene ring substituents is 1. The Bertz CT molecular complexity index is 1740. The molecule has 6 atom stereocenters. The Morgan fingerprint density at radius 2 is 1.80 bits per heavy atom. The van der Waals surface area contributed by atoms with Crippen LogP contribution in [0.3, 0.4) is 0 Å². The highest BCUT2D eigenvalue weighted by atomic mass is 16.7. The van der Waals surface area contributed by atoms with E-state index >= 15 is 0 Å². The number of rotatable bonds is 21. The first kappa shape index (κ1) is 41.4. The van der Waals surface area contributed by atoms with E-state index in [0.29, 0.717) is 55.2 Å². The van der Waals surface area contributed by atoms with E-state index in [4.69, 9.17) is 19.0 Å². The lowest BCUT2D eigenvalue weighted by Gasteiger charge is -2.60. The van der Waals surface area contributed by atoms with E-state index in [1.54, 1.807) is 35.3 Å². The quantitative estimate of drug-likeness (QED) is 0.0437. The molecule has 1 aliphatic heterocycles. The number of benzene rings is 2. The molecule has 1 heterocycles. The zero-order chi connectivity index (χ0) is 39.4. The summed E-state index contributed by atoms with van der Waals surface area (Å²) in [6.07, 6.45) is 14.4. The third kappa shape index (κ3) is 9.20. The SMILES string of the molecule is C=CCOc1ccc2c(c1)[C@H]1[C@H](CCCCO)[C@@H](CCCCO)C=C3C(=NOC)C[C@H](N(CCC)C(=O)C=Cc4ccc([N+](=O)[O-])cc4)[C@@](OCC=C)(O2)[C@H]31. The van der Waals surface area contributed by atoms with Gasteiger partial charge in [-0.1, -0.05) is 49.7 Å². The smallest absolute Gasteiger partial charge is 0.269 e. The molecule has 1 saturated carbocycles. The summed E-state index contributed by atoms with van der Waals surface area (Å²) in [5.74, 6) is -0.721. The number of allylic oxidation sites excluding steroid dienone is 1. The number of hydrogen-bond donors (Lipinski definition) is 2. The number of hydrogen-bond acceptors (Lipinski definition) is 10. The van der Waals surface area contributed by atoms with Crippen molar-refractivity contribution < 1.29 is 39.0 Å². The van der Waals surface area contributed by atoms with Crippen molar-refractivity contribution in [2.75, 3.05) is 40.1 Å². The average Bonchev–Trinajstić information content (AvgIpc) is 3.19. The topological polar surface area (TPSA) is 153 Å². The van der Waals surface area contributed by atoms with Crippen molar-refractivity contribution in [2.45, 2.75) is 76.0 Å². The fourth-order valence-corrected chi connectivity index (χ4v) is 8.63. The number of nitro groups is 1. The van der Waals surface area contributed by atoms with Crippen molar-refractivity contribution in [3.8, 4) is 11.5 Å². The number of nitrogens with zero attached hydrogens (tertiary/aromatic N) is 3. The van der Waals surface area contributed by atoms with Gasteiger partial charge in [-0.05, 0) is 91.5 Å². The number of amides is 1. The number of unbranched alkanes of at least 4 members (excludes halogenated alkanes) is 2. The van der Waals surface area contributed by atoms with Crippen LogP contribution in [0.5, 0.6) is 11.5 Å². The standard InChI is InChI=1S/C43H55N3O9/c1-5-22-45(40(49)21-16-30-14-17-32(18-15-30)46(50)51)39-29-37(44-52-4)35-27-31(12-8-10-23-47)34(13-9-11-24-48)41-36-28-33(53-25-6-2)19-20-38(36)55-43(39,42(35)41)54-26-7-3/h6-7,14-21,27-28,31,34,39,41-42,47-48H,2-3,5,8-13,22-26,29H2,1,4H3/t31-,34+,39-,41+,42+,43+/m0/s1. The number of nitro benzene ring substituents is 1. The molecule has 55 heavy (non-hydrogen) atoms. The molecule has 12 heteroatoms. The van der Waals surface area contributed by atoms with Crippen LogP contribution >= 0.6 is 0 Å². The molecule has 296 valence electrons. The molecule has 0 unspecified atom stereocenters. The summed E-state index contributed by atoms with van der Waals surface area (Å²) in [5, 5.41) is 35.4. The van der Waals surface area contributed by atoms with E-state index in [-0.39, 0.29) is 55.6 Å². The van der Waals surface area contributed by atoms with E-state index < -0.39 is 22.7 Å². The van der Waals surface area contributed by atoms with E-state index in [1.165, 1.54) is 25.3 Å². The number of aliphatic hydroxyl groups is 2. The van der Waals surface area contributed by atoms with Crippen molar-refractivity contribution in [3.05, 3.63) is 107 Å². The summed E-state index contributed by atoms with van der Waals surface area (Å²) in [5.41, 5.74) is 3.25. The minimum absolute atomic E-state index is 0.0325. The van der Waals surface area contributed by atoms with Crippen LogP contribution in [-0.4, -0.2) is 83.6 Å². The van der Waals surface area contributed by atoms with Gasteiger partial charge in [0, 0.05) is 55.9 Å². The minimum atomic E-state index is -1.37. The Kier molecular flexibility index (Phi) is 14.8. The van der Waals surface area contributed by atoms with Gasteiger partial charge in [0.25, 0.3) is 5.69 Å². The first-order valence-electron chi connectivity index (χ1n) is 19.3. The summed E-state index contributed by atoms with van der Waals surface area (Å²) in [4.78, 5) is 32.5. The van der Waals surface area contributed by atoms with Crippen molar-refractivity contribution in [2.24, 2.45) is 22.9 Å². The lowest BCUT2D eigenvalue weighted by molar-refractivity contribution is -0.384. The number of carbonyl (C=O) groups excluding carboxylic acids is 1. The third-order valence-electron chi connectivity index (χ3n) is 10.9. The van der Waals surface area contributed by atoms with Crippen molar-refractivity contribution in [1.82, 2.24) is 4.90 Å². The highest BCUT2D eigenvalue weighted by Gasteiger charge is 2.65. The second-order valence-corrected chi connectivity index (χ2v) is 14.3. The summed E-state index contributed by atoms with van der Waals surface area (Å²) in [6, 6.07) is 11.2. The molecule has 0 radical (unpaired) electrons. The molecular formula is C43H55N3O9. The first-order chi connectivity index (χ1) is 26.8. The molecule has 5 rings (SSSR count). The van der Waals surface area contributed by atoms with Gasteiger partial charge in [0.2, 0.25) is 11.7 Å². The maximum absolute atomic E-state index is 14.5. The van der Waals surface area contributed by atoms with Crippen LogP contribution in [0.15, 0.2) is 90.7 Å². The molecule has 0 aromatic heterocycles. The molecular weight excluding hydrogens is 702 g/mol. The lowest BCUT2D eigenvalue weighted by atomic mass is 9.55. The second-order valence-electron chi connectivity index (χ2n) is 14.3.